The largest absolute Gasteiger partial charge is 0.460 e. The van der Waals surface area contributed by atoms with Crippen LogP contribution in [-0.2, 0) is 19.1 Å². The van der Waals surface area contributed by atoms with Crippen LogP contribution in [0.3, 0.4) is 0 Å². The molecule has 1 atom stereocenters. The molecule has 1 N–H and O–H groups in total. The van der Waals surface area contributed by atoms with E-state index in [2.05, 4.69) is 5.32 Å². The fraction of sp³-hybridized carbons (Fsp3) is 0.812. The van der Waals surface area contributed by atoms with Crippen LogP contribution in [-0.4, -0.2) is 35.6 Å². The summed E-state index contributed by atoms with van der Waals surface area (Å²) in [7, 11) is 0. The maximum atomic E-state index is 11.9. The van der Waals surface area contributed by atoms with Gasteiger partial charge in [-0.25, -0.2) is 4.79 Å². The van der Waals surface area contributed by atoms with Crippen LogP contribution in [0.1, 0.15) is 67.2 Å². The van der Waals surface area contributed by atoms with E-state index in [4.69, 9.17) is 9.47 Å². The number of alkyl carbamates (subject to hydrolysis) is 1. The van der Waals surface area contributed by atoms with E-state index in [0.717, 1.165) is 6.29 Å². The lowest BCUT2D eigenvalue weighted by Gasteiger charge is -2.25. The van der Waals surface area contributed by atoms with Gasteiger partial charge >= 0.3 is 12.1 Å². The van der Waals surface area contributed by atoms with Gasteiger partial charge in [0.25, 0.3) is 0 Å². The molecule has 0 radical (unpaired) electrons. The van der Waals surface area contributed by atoms with Crippen LogP contribution in [0.15, 0.2) is 0 Å². The number of rotatable bonds is 7. The molecule has 128 valence electrons. The lowest BCUT2D eigenvalue weighted by molar-refractivity contribution is -0.155. The molecule has 0 heterocycles. The lowest BCUT2D eigenvalue weighted by atomic mass is 10.1. The first kappa shape index (κ1) is 20.4. The van der Waals surface area contributed by atoms with Gasteiger partial charge in [-0.3, -0.25) is 4.79 Å². The van der Waals surface area contributed by atoms with Crippen molar-refractivity contribution in [3.05, 3.63) is 0 Å². The molecule has 22 heavy (non-hydrogen) atoms. The van der Waals surface area contributed by atoms with Crippen LogP contribution in [0.4, 0.5) is 4.79 Å². The van der Waals surface area contributed by atoms with Crippen LogP contribution < -0.4 is 5.32 Å². The minimum Gasteiger partial charge on any atom is -0.460 e. The van der Waals surface area contributed by atoms with Crippen molar-refractivity contribution in [3.63, 3.8) is 0 Å². The van der Waals surface area contributed by atoms with E-state index in [0.29, 0.717) is 19.3 Å². The third kappa shape index (κ3) is 12.2. The average Bonchev–Trinajstić information content (AvgIpc) is 2.23. The first-order chi connectivity index (χ1) is 9.93. The summed E-state index contributed by atoms with van der Waals surface area (Å²) >= 11 is 0. The quantitative estimate of drug-likeness (QED) is 0.444. The van der Waals surface area contributed by atoms with Gasteiger partial charge in [-0.15, -0.1) is 0 Å². The zero-order valence-corrected chi connectivity index (χ0v) is 14.5. The fourth-order valence-electron chi connectivity index (χ4n) is 1.73. The molecular weight excluding hydrogens is 286 g/mol. The summed E-state index contributed by atoms with van der Waals surface area (Å²) in [4.78, 5) is 34.1. The second-order valence-electron chi connectivity index (χ2n) is 7.23. The summed E-state index contributed by atoms with van der Waals surface area (Å²) < 4.78 is 10.4. The van der Waals surface area contributed by atoms with Gasteiger partial charge in [-0.1, -0.05) is 0 Å². The predicted molar refractivity (Wildman–Crippen MR) is 83.5 cm³/mol. The normalized spacial score (nSPS) is 13.2. The summed E-state index contributed by atoms with van der Waals surface area (Å²) in [5, 5.41) is 2.67. The van der Waals surface area contributed by atoms with Gasteiger partial charge in [-0.2, -0.15) is 0 Å². The molecule has 0 aromatic rings. The predicted octanol–water partition coefficient (Wildman–Crippen LogP) is 2.98. The molecule has 0 aromatic heterocycles. The molecule has 0 aliphatic heterocycles. The van der Waals surface area contributed by atoms with Gasteiger partial charge in [-0.05, 0) is 54.4 Å². The SMILES string of the molecule is CC(C)(C)OC(=O)CC(CCCC=O)NC(=O)OC(C)(C)C. The third-order valence-electron chi connectivity index (χ3n) is 2.43. The van der Waals surface area contributed by atoms with Crippen molar-refractivity contribution in [1.29, 1.82) is 0 Å². The number of amides is 1. The molecule has 0 aliphatic rings. The van der Waals surface area contributed by atoms with Crippen LogP contribution in [0.2, 0.25) is 0 Å². The number of aldehydes is 1. The van der Waals surface area contributed by atoms with Gasteiger partial charge in [0.1, 0.15) is 17.5 Å². The molecule has 0 aromatic carbocycles. The summed E-state index contributed by atoms with van der Waals surface area (Å²) in [6.07, 6.45) is 1.78. The zero-order chi connectivity index (χ0) is 17.4. The highest BCUT2D eigenvalue weighted by Crippen LogP contribution is 2.13. The summed E-state index contributed by atoms with van der Waals surface area (Å²) in [6, 6.07) is -0.412. The molecule has 0 aliphatic carbocycles. The Morgan fingerprint density at radius 3 is 2.05 bits per heavy atom. The van der Waals surface area contributed by atoms with Crippen molar-refractivity contribution in [1.82, 2.24) is 5.32 Å². The van der Waals surface area contributed by atoms with Gasteiger partial charge < -0.3 is 19.6 Å². The summed E-state index contributed by atoms with van der Waals surface area (Å²) in [5.41, 5.74) is -1.18. The van der Waals surface area contributed by atoms with Crippen molar-refractivity contribution in [2.24, 2.45) is 0 Å². The zero-order valence-electron chi connectivity index (χ0n) is 14.5. The molecule has 1 amide bonds. The van der Waals surface area contributed by atoms with E-state index < -0.39 is 23.3 Å². The number of carbonyl (C=O) groups is 3. The van der Waals surface area contributed by atoms with E-state index in [-0.39, 0.29) is 12.4 Å². The van der Waals surface area contributed by atoms with Crippen molar-refractivity contribution >= 4 is 18.3 Å². The molecule has 0 saturated heterocycles. The molecular formula is C16H29NO5. The third-order valence-corrected chi connectivity index (χ3v) is 2.43. The Balaban J connectivity index is 4.57. The maximum absolute atomic E-state index is 11.9. The van der Waals surface area contributed by atoms with Gasteiger partial charge in [0.2, 0.25) is 0 Å². The number of unbranched alkanes of at least 4 members (excludes halogenated alkanes) is 1. The maximum Gasteiger partial charge on any atom is 0.407 e. The van der Waals surface area contributed by atoms with Gasteiger partial charge in [0, 0.05) is 12.5 Å². The smallest absolute Gasteiger partial charge is 0.407 e. The number of ether oxygens (including phenoxy) is 2. The van der Waals surface area contributed by atoms with Gasteiger partial charge in [0.05, 0.1) is 6.42 Å². The van der Waals surface area contributed by atoms with Crippen LogP contribution in [0.25, 0.3) is 0 Å². The average molecular weight is 315 g/mol. The van der Waals surface area contributed by atoms with E-state index in [1.165, 1.54) is 0 Å². The van der Waals surface area contributed by atoms with Crippen molar-refractivity contribution in [2.75, 3.05) is 0 Å². The van der Waals surface area contributed by atoms with E-state index in [9.17, 15) is 14.4 Å². The Bertz CT molecular complexity index is 349. The second kappa shape index (κ2) is 8.76. The Morgan fingerprint density at radius 2 is 1.59 bits per heavy atom. The van der Waals surface area contributed by atoms with E-state index in [1.54, 1.807) is 41.5 Å². The lowest BCUT2D eigenvalue weighted by Crippen LogP contribution is -2.41. The highest BCUT2D eigenvalue weighted by Gasteiger charge is 2.24. The highest BCUT2D eigenvalue weighted by atomic mass is 16.6. The number of hydrogen-bond donors (Lipinski definition) is 1. The second-order valence-corrected chi connectivity index (χ2v) is 7.23. The van der Waals surface area contributed by atoms with Crippen molar-refractivity contribution < 1.29 is 23.9 Å². The highest BCUT2D eigenvalue weighted by molar-refractivity contribution is 5.73. The van der Waals surface area contributed by atoms with Crippen LogP contribution in [0, 0.1) is 0 Å². The Hall–Kier alpha value is -1.59. The molecule has 0 saturated carbocycles. The Labute approximate surface area is 132 Å². The number of hydrogen-bond acceptors (Lipinski definition) is 5. The molecule has 0 rings (SSSR count). The first-order valence-electron chi connectivity index (χ1n) is 7.58. The van der Waals surface area contributed by atoms with Gasteiger partial charge in [0.15, 0.2) is 0 Å². The van der Waals surface area contributed by atoms with Crippen LogP contribution >= 0.6 is 0 Å². The molecule has 1 unspecified atom stereocenters. The minimum atomic E-state index is -0.608. The summed E-state index contributed by atoms with van der Waals surface area (Å²) in [5.74, 6) is -0.389. The van der Waals surface area contributed by atoms with E-state index in [1.807, 2.05) is 0 Å². The first-order valence-corrected chi connectivity index (χ1v) is 7.58. The van der Waals surface area contributed by atoms with Crippen LogP contribution in [0.5, 0.6) is 0 Å². The van der Waals surface area contributed by atoms with E-state index >= 15 is 0 Å². The number of nitrogens with one attached hydrogen (secondary N) is 1. The Kier molecular flexibility index (Phi) is 8.12. The topological polar surface area (TPSA) is 81.7 Å². The summed E-state index contributed by atoms with van der Waals surface area (Å²) in [6.45, 7) is 10.7. The monoisotopic (exact) mass is 315 g/mol. The molecule has 6 nitrogen and oxygen atoms in total. The minimum absolute atomic E-state index is 0.0510. The molecule has 0 spiro atoms. The number of carbonyl (C=O) groups excluding carboxylic acids is 3. The van der Waals surface area contributed by atoms with Crippen molar-refractivity contribution in [2.45, 2.75) is 84.5 Å². The molecule has 0 fully saturated rings. The van der Waals surface area contributed by atoms with Crippen molar-refractivity contribution in [3.8, 4) is 0 Å². The standard InChI is InChI=1S/C16H29NO5/c1-15(2,3)21-13(19)11-12(9-7-8-10-18)17-14(20)22-16(4,5)6/h10,12H,7-9,11H2,1-6H3,(H,17,20). The Morgan fingerprint density at radius 1 is 1.05 bits per heavy atom. The number of esters is 1. The molecule has 0 bridgehead atoms. The fourth-order valence-corrected chi connectivity index (χ4v) is 1.73. The molecule has 6 heteroatoms.